The van der Waals surface area contributed by atoms with Crippen LogP contribution in [0.3, 0.4) is 0 Å². The molecule has 0 unspecified atom stereocenters. The number of benzene rings is 1. The third-order valence-electron chi connectivity index (χ3n) is 3.13. The van der Waals surface area contributed by atoms with Gasteiger partial charge in [0.05, 0.1) is 11.2 Å². The van der Waals surface area contributed by atoms with Crippen LogP contribution in [0.15, 0.2) is 23.2 Å². The molecule has 1 aliphatic heterocycles. The number of isocyanates is 1. The summed E-state index contributed by atoms with van der Waals surface area (Å²) >= 11 is 0. The molecule has 0 atom stereocenters. The molecular weight excluding hydrogens is 220 g/mol. The van der Waals surface area contributed by atoms with Crippen LogP contribution in [-0.4, -0.2) is 18.6 Å². The van der Waals surface area contributed by atoms with E-state index in [0.29, 0.717) is 11.4 Å². The number of aliphatic imine (C=N–C) groups is 1. The zero-order valence-corrected chi connectivity index (χ0v) is 9.03. The van der Waals surface area contributed by atoms with Crippen molar-refractivity contribution in [3.05, 3.63) is 23.8 Å². The number of hydrogen-bond acceptors (Lipinski definition) is 4. The number of anilines is 1. The van der Waals surface area contributed by atoms with Gasteiger partial charge in [-0.25, -0.2) is 4.79 Å². The summed E-state index contributed by atoms with van der Waals surface area (Å²) in [5, 5.41) is 2.74. The highest BCUT2D eigenvalue weighted by Crippen LogP contribution is 2.50. The van der Waals surface area contributed by atoms with Crippen molar-refractivity contribution in [3.63, 3.8) is 0 Å². The predicted octanol–water partition coefficient (Wildman–Crippen LogP) is 1.34. The van der Waals surface area contributed by atoms with Crippen LogP contribution in [0.25, 0.3) is 0 Å². The number of nitrogens with zero attached hydrogens (tertiary/aromatic N) is 1. The lowest BCUT2D eigenvalue weighted by Gasteiger charge is -2.19. The molecule has 1 N–H and O–H groups in total. The van der Waals surface area contributed by atoms with Crippen molar-refractivity contribution in [1.82, 2.24) is 0 Å². The minimum Gasteiger partial charge on any atom is -0.482 e. The van der Waals surface area contributed by atoms with Crippen molar-refractivity contribution in [2.45, 2.75) is 18.4 Å². The lowest BCUT2D eigenvalue weighted by Crippen LogP contribution is -2.25. The normalized spacial score (nSPS) is 19.4. The topological polar surface area (TPSA) is 67.8 Å². The molecule has 1 aromatic carbocycles. The lowest BCUT2D eigenvalue weighted by atomic mass is 10.0. The second-order valence-corrected chi connectivity index (χ2v) is 4.28. The fourth-order valence-electron chi connectivity index (χ4n) is 2.04. The highest BCUT2D eigenvalue weighted by atomic mass is 16.5. The molecule has 0 bridgehead atoms. The quantitative estimate of drug-likeness (QED) is 0.615. The molecule has 86 valence electrons. The summed E-state index contributed by atoms with van der Waals surface area (Å²) in [6.07, 6.45) is 3.30. The molecule has 1 aliphatic carbocycles. The van der Waals surface area contributed by atoms with Gasteiger partial charge in [0, 0.05) is 0 Å². The number of fused-ring (bicyclic) bond motifs is 1. The number of ether oxygens (including phenoxy) is 1. The molecule has 5 heteroatoms. The Bertz CT molecular complexity index is 543. The molecule has 17 heavy (non-hydrogen) atoms. The van der Waals surface area contributed by atoms with E-state index in [1.165, 1.54) is 0 Å². The minimum absolute atomic E-state index is 0.0456. The van der Waals surface area contributed by atoms with E-state index in [-0.39, 0.29) is 12.5 Å². The fraction of sp³-hybridized carbons (Fsp3) is 0.333. The largest absolute Gasteiger partial charge is 0.482 e. The molecule has 1 saturated carbocycles. The molecule has 1 fully saturated rings. The average molecular weight is 230 g/mol. The van der Waals surface area contributed by atoms with E-state index in [9.17, 15) is 9.59 Å². The summed E-state index contributed by atoms with van der Waals surface area (Å²) in [6.45, 7) is 0.0456. The Morgan fingerprint density at radius 3 is 2.94 bits per heavy atom. The monoisotopic (exact) mass is 230 g/mol. The zero-order chi connectivity index (χ0) is 11.9. The number of carbonyl (C=O) groups excluding carboxylic acids is 2. The van der Waals surface area contributed by atoms with Crippen LogP contribution in [0.1, 0.15) is 18.4 Å². The molecule has 0 radical (unpaired) electrons. The predicted molar refractivity (Wildman–Crippen MR) is 59.6 cm³/mol. The highest BCUT2D eigenvalue weighted by molar-refractivity contribution is 5.95. The summed E-state index contributed by atoms with van der Waals surface area (Å²) < 4.78 is 5.26. The van der Waals surface area contributed by atoms with Crippen molar-refractivity contribution >= 4 is 17.7 Å². The average Bonchev–Trinajstić information content (AvgIpc) is 3.09. The van der Waals surface area contributed by atoms with Crippen LogP contribution < -0.4 is 10.1 Å². The maximum Gasteiger partial charge on any atom is 0.262 e. The first-order valence-corrected chi connectivity index (χ1v) is 5.40. The van der Waals surface area contributed by atoms with E-state index in [0.717, 1.165) is 18.4 Å². The smallest absolute Gasteiger partial charge is 0.262 e. The summed E-state index contributed by atoms with van der Waals surface area (Å²) in [4.78, 5) is 25.4. The maximum absolute atomic E-state index is 11.2. The van der Waals surface area contributed by atoms with Gasteiger partial charge < -0.3 is 10.1 Å². The van der Waals surface area contributed by atoms with E-state index in [2.05, 4.69) is 10.3 Å². The van der Waals surface area contributed by atoms with E-state index in [1.54, 1.807) is 12.1 Å². The van der Waals surface area contributed by atoms with Gasteiger partial charge in [0.15, 0.2) is 6.61 Å². The molecule has 1 aromatic rings. The first kappa shape index (κ1) is 10.1. The molecule has 0 spiro atoms. The number of nitrogens with one attached hydrogen (secondary N) is 1. The van der Waals surface area contributed by atoms with Gasteiger partial charge in [-0.05, 0) is 30.5 Å². The second kappa shape index (κ2) is 3.43. The first-order valence-electron chi connectivity index (χ1n) is 5.40. The number of carbonyl (C=O) groups is 1. The molecule has 0 aromatic heterocycles. The summed E-state index contributed by atoms with van der Waals surface area (Å²) in [5.41, 5.74) is 1.15. The van der Waals surface area contributed by atoms with Crippen molar-refractivity contribution in [3.8, 4) is 5.75 Å². The number of rotatable bonds is 2. The van der Waals surface area contributed by atoms with Gasteiger partial charge in [0.25, 0.3) is 5.91 Å². The first-order chi connectivity index (χ1) is 8.23. The van der Waals surface area contributed by atoms with Crippen LogP contribution in [0.5, 0.6) is 5.75 Å². The summed E-state index contributed by atoms with van der Waals surface area (Å²) in [7, 11) is 0. The lowest BCUT2D eigenvalue weighted by molar-refractivity contribution is -0.118. The zero-order valence-electron chi connectivity index (χ0n) is 9.03. The summed E-state index contributed by atoms with van der Waals surface area (Å²) in [6, 6.07) is 5.49. The van der Waals surface area contributed by atoms with Crippen LogP contribution in [0.2, 0.25) is 0 Å². The van der Waals surface area contributed by atoms with Crippen LogP contribution in [0.4, 0.5) is 5.69 Å². The van der Waals surface area contributed by atoms with E-state index >= 15 is 0 Å². The van der Waals surface area contributed by atoms with Gasteiger partial charge in [-0.15, -0.1) is 0 Å². The Morgan fingerprint density at radius 1 is 1.41 bits per heavy atom. The van der Waals surface area contributed by atoms with Crippen molar-refractivity contribution in [2.24, 2.45) is 4.99 Å². The molecule has 0 saturated heterocycles. The Morgan fingerprint density at radius 2 is 2.24 bits per heavy atom. The van der Waals surface area contributed by atoms with Gasteiger partial charge >= 0.3 is 0 Å². The van der Waals surface area contributed by atoms with E-state index < -0.39 is 5.54 Å². The Labute approximate surface area is 97.5 Å². The summed E-state index contributed by atoms with van der Waals surface area (Å²) in [5.74, 6) is 0.484. The highest BCUT2D eigenvalue weighted by Gasteiger charge is 2.45. The Kier molecular flexibility index (Phi) is 2.03. The molecule has 3 rings (SSSR count). The van der Waals surface area contributed by atoms with E-state index in [4.69, 9.17) is 4.74 Å². The van der Waals surface area contributed by atoms with Crippen molar-refractivity contribution in [2.75, 3.05) is 11.9 Å². The minimum atomic E-state index is -0.418. The SMILES string of the molecule is O=C=NC1(c2ccc3c(c2)NC(=O)CO3)CC1. The van der Waals surface area contributed by atoms with Crippen LogP contribution >= 0.6 is 0 Å². The number of amides is 1. The standard InChI is InChI=1S/C12H10N2O3/c15-7-13-12(3-4-12)8-1-2-10-9(5-8)14-11(16)6-17-10/h1-2,5H,3-4,6H2,(H,14,16). The van der Waals surface area contributed by atoms with Gasteiger partial charge in [-0.1, -0.05) is 6.07 Å². The van der Waals surface area contributed by atoms with Crippen molar-refractivity contribution in [1.29, 1.82) is 0 Å². The molecule has 5 nitrogen and oxygen atoms in total. The van der Waals surface area contributed by atoms with Gasteiger partial charge in [0.2, 0.25) is 6.08 Å². The van der Waals surface area contributed by atoms with Crippen LogP contribution in [0, 0.1) is 0 Å². The Balaban J connectivity index is 2.01. The Hall–Kier alpha value is -2.13. The van der Waals surface area contributed by atoms with Gasteiger partial charge in [-0.3, -0.25) is 4.79 Å². The maximum atomic E-state index is 11.2. The van der Waals surface area contributed by atoms with Crippen LogP contribution in [-0.2, 0) is 15.1 Å². The second-order valence-electron chi connectivity index (χ2n) is 4.28. The number of hydrogen-bond donors (Lipinski definition) is 1. The van der Waals surface area contributed by atoms with E-state index in [1.807, 2.05) is 12.1 Å². The fourth-order valence-corrected chi connectivity index (χ4v) is 2.04. The third-order valence-corrected chi connectivity index (χ3v) is 3.13. The molecule has 1 heterocycles. The third kappa shape index (κ3) is 1.61. The van der Waals surface area contributed by atoms with Gasteiger partial charge in [0.1, 0.15) is 5.75 Å². The molecular formula is C12H10N2O3. The molecule has 1 amide bonds. The van der Waals surface area contributed by atoms with Gasteiger partial charge in [-0.2, -0.15) is 4.99 Å². The van der Waals surface area contributed by atoms with Crippen molar-refractivity contribution < 1.29 is 14.3 Å². The molecule has 2 aliphatic rings.